The molecule has 5 heteroatoms. The van der Waals surface area contributed by atoms with E-state index in [0.29, 0.717) is 11.1 Å². The molecular weight excluding hydrogens is 294 g/mol. The van der Waals surface area contributed by atoms with Crippen LogP contribution in [-0.4, -0.2) is 30.3 Å². The largest absolute Gasteiger partial charge is 0.464 e. The molecule has 0 heterocycles. The molecule has 0 saturated heterocycles. The number of hydrogen-bond donors (Lipinski definition) is 1. The van der Waals surface area contributed by atoms with Crippen LogP contribution in [0, 0.1) is 0 Å². The van der Waals surface area contributed by atoms with Gasteiger partial charge in [0.15, 0.2) is 11.8 Å². The molecule has 1 amide bonds. The second-order valence-electron chi connectivity index (χ2n) is 4.75. The number of hydrogen-bond acceptors (Lipinski definition) is 4. The molecule has 2 aromatic carbocycles. The summed E-state index contributed by atoms with van der Waals surface area (Å²) in [5.41, 5.74) is 0.696. The molecule has 1 unspecified atom stereocenters. The van der Waals surface area contributed by atoms with Crippen molar-refractivity contribution in [3.05, 3.63) is 71.8 Å². The SMILES string of the molecule is CCOC(=O)C(NC(=O)c1ccccc1)C(=O)c1ccccc1. The first kappa shape index (κ1) is 16.4. The van der Waals surface area contributed by atoms with E-state index in [-0.39, 0.29) is 6.61 Å². The maximum absolute atomic E-state index is 12.5. The van der Waals surface area contributed by atoms with Crippen molar-refractivity contribution < 1.29 is 19.1 Å². The van der Waals surface area contributed by atoms with E-state index in [9.17, 15) is 14.4 Å². The van der Waals surface area contributed by atoms with Gasteiger partial charge in [0.2, 0.25) is 0 Å². The van der Waals surface area contributed by atoms with E-state index in [4.69, 9.17) is 4.74 Å². The van der Waals surface area contributed by atoms with Crippen molar-refractivity contribution in [1.29, 1.82) is 0 Å². The minimum Gasteiger partial charge on any atom is -0.464 e. The number of nitrogens with one attached hydrogen (secondary N) is 1. The Kier molecular flexibility index (Phi) is 5.63. The summed E-state index contributed by atoms with van der Waals surface area (Å²) in [6.45, 7) is 1.76. The van der Waals surface area contributed by atoms with E-state index < -0.39 is 23.7 Å². The van der Waals surface area contributed by atoms with Gasteiger partial charge in [-0.25, -0.2) is 4.79 Å². The number of amides is 1. The molecule has 0 radical (unpaired) electrons. The fourth-order valence-electron chi connectivity index (χ4n) is 2.03. The van der Waals surface area contributed by atoms with E-state index >= 15 is 0 Å². The molecule has 1 atom stereocenters. The van der Waals surface area contributed by atoms with E-state index in [2.05, 4.69) is 5.32 Å². The summed E-state index contributed by atoms with van der Waals surface area (Å²) in [5, 5.41) is 2.45. The lowest BCUT2D eigenvalue weighted by Gasteiger charge is -2.16. The number of carbonyl (C=O) groups excluding carboxylic acids is 3. The summed E-state index contributed by atoms with van der Waals surface area (Å²) < 4.78 is 4.91. The molecule has 1 N–H and O–H groups in total. The van der Waals surface area contributed by atoms with Crippen molar-refractivity contribution in [3.63, 3.8) is 0 Å². The highest BCUT2D eigenvalue weighted by atomic mass is 16.5. The van der Waals surface area contributed by atoms with Gasteiger partial charge in [0.25, 0.3) is 5.91 Å². The van der Waals surface area contributed by atoms with Crippen molar-refractivity contribution in [2.75, 3.05) is 6.61 Å². The third-order valence-electron chi connectivity index (χ3n) is 3.15. The van der Waals surface area contributed by atoms with Crippen LogP contribution in [0.3, 0.4) is 0 Å². The van der Waals surface area contributed by atoms with Gasteiger partial charge in [0, 0.05) is 11.1 Å². The highest BCUT2D eigenvalue weighted by Crippen LogP contribution is 2.07. The van der Waals surface area contributed by atoms with Gasteiger partial charge < -0.3 is 10.1 Å². The number of benzene rings is 2. The molecule has 0 aliphatic heterocycles. The van der Waals surface area contributed by atoms with Gasteiger partial charge in [-0.2, -0.15) is 0 Å². The first-order valence-electron chi connectivity index (χ1n) is 7.25. The van der Waals surface area contributed by atoms with Gasteiger partial charge in [-0.3, -0.25) is 9.59 Å². The summed E-state index contributed by atoms with van der Waals surface area (Å²) in [5.74, 6) is -1.79. The monoisotopic (exact) mass is 311 g/mol. The summed E-state index contributed by atoms with van der Waals surface area (Å²) >= 11 is 0. The molecule has 0 bridgehead atoms. The topological polar surface area (TPSA) is 72.5 Å². The summed E-state index contributed by atoms with van der Waals surface area (Å²) in [4.78, 5) is 36.8. The summed E-state index contributed by atoms with van der Waals surface area (Å²) in [6.07, 6.45) is 0. The van der Waals surface area contributed by atoms with Crippen LogP contribution in [0.2, 0.25) is 0 Å². The highest BCUT2D eigenvalue weighted by Gasteiger charge is 2.30. The molecule has 0 fully saturated rings. The number of esters is 1. The fourth-order valence-corrected chi connectivity index (χ4v) is 2.03. The van der Waals surface area contributed by atoms with Crippen LogP contribution in [0.4, 0.5) is 0 Å². The molecule has 2 rings (SSSR count). The second kappa shape index (κ2) is 7.89. The normalized spacial score (nSPS) is 11.3. The molecule has 0 aliphatic rings. The van der Waals surface area contributed by atoms with Gasteiger partial charge in [-0.05, 0) is 19.1 Å². The van der Waals surface area contributed by atoms with Crippen molar-refractivity contribution >= 4 is 17.7 Å². The predicted molar refractivity (Wildman–Crippen MR) is 85.1 cm³/mol. The Bertz CT molecular complexity index is 683. The van der Waals surface area contributed by atoms with E-state index in [0.717, 1.165) is 0 Å². The minimum absolute atomic E-state index is 0.124. The van der Waals surface area contributed by atoms with Crippen LogP contribution >= 0.6 is 0 Å². The minimum atomic E-state index is -1.37. The third-order valence-corrected chi connectivity index (χ3v) is 3.15. The fraction of sp³-hybridized carbons (Fsp3) is 0.167. The maximum atomic E-state index is 12.5. The van der Waals surface area contributed by atoms with Crippen molar-refractivity contribution in [2.24, 2.45) is 0 Å². The Morgan fingerprint density at radius 1 is 0.913 bits per heavy atom. The lowest BCUT2D eigenvalue weighted by molar-refractivity contribution is -0.144. The molecule has 5 nitrogen and oxygen atoms in total. The highest BCUT2D eigenvalue weighted by molar-refractivity contribution is 6.14. The number of Topliss-reactive ketones (excluding diaryl/α,β-unsaturated/α-hetero) is 1. The zero-order valence-electron chi connectivity index (χ0n) is 12.7. The van der Waals surface area contributed by atoms with Crippen LogP contribution in [0.5, 0.6) is 0 Å². The van der Waals surface area contributed by atoms with Crippen LogP contribution in [-0.2, 0) is 9.53 Å². The number of carbonyl (C=O) groups is 3. The summed E-state index contributed by atoms with van der Waals surface area (Å²) in [7, 11) is 0. The molecule has 118 valence electrons. The van der Waals surface area contributed by atoms with Crippen molar-refractivity contribution in [3.8, 4) is 0 Å². The molecule has 0 aromatic heterocycles. The van der Waals surface area contributed by atoms with E-state index in [1.165, 1.54) is 0 Å². The lowest BCUT2D eigenvalue weighted by Crippen LogP contribution is -2.47. The van der Waals surface area contributed by atoms with Gasteiger partial charge in [-0.1, -0.05) is 48.5 Å². The lowest BCUT2D eigenvalue weighted by atomic mass is 10.0. The number of rotatable bonds is 6. The smallest absolute Gasteiger partial charge is 0.336 e. The predicted octanol–water partition coefficient (Wildman–Crippen LogP) is 2.23. The molecule has 0 aliphatic carbocycles. The first-order chi connectivity index (χ1) is 11.1. The van der Waals surface area contributed by atoms with Crippen molar-refractivity contribution in [2.45, 2.75) is 13.0 Å². The van der Waals surface area contributed by atoms with Crippen LogP contribution in [0.15, 0.2) is 60.7 Å². The van der Waals surface area contributed by atoms with Gasteiger partial charge in [0.1, 0.15) is 0 Å². The van der Waals surface area contributed by atoms with Crippen LogP contribution < -0.4 is 5.32 Å². The molecular formula is C18H17NO4. The van der Waals surface area contributed by atoms with E-state index in [1.54, 1.807) is 67.6 Å². The molecule has 0 saturated carbocycles. The molecule has 2 aromatic rings. The Balaban J connectivity index is 2.23. The Labute approximate surface area is 134 Å². The summed E-state index contributed by atoms with van der Waals surface area (Å²) in [6, 6.07) is 15.3. The average Bonchev–Trinajstić information content (AvgIpc) is 2.60. The Morgan fingerprint density at radius 2 is 1.43 bits per heavy atom. The van der Waals surface area contributed by atoms with Gasteiger partial charge >= 0.3 is 5.97 Å². The zero-order chi connectivity index (χ0) is 16.7. The van der Waals surface area contributed by atoms with Crippen LogP contribution in [0.25, 0.3) is 0 Å². The van der Waals surface area contributed by atoms with Crippen LogP contribution in [0.1, 0.15) is 27.6 Å². The van der Waals surface area contributed by atoms with Crippen molar-refractivity contribution in [1.82, 2.24) is 5.32 Å². The zero-order valence-corrected chi connectivity index (χ0v) is 12.7. The first-order valence-corrected chi connectivity index (χ1v) is 7.25. The molecule has 0 spiro atoms. The quantitative estimate of drug-likeness (QED) is 0.504. The maximum Gasteiger partial charge on any atom is 0.336 e. The third kappa shape index (κ3) is 4.26. The average molecular weight is 311 g/mol. The second-order valence-corrected chi connectivity index (χ2v) is 4.75. The number of ketones is 1. The standard InChI is InChI=1S/C18H17NO4/c1-2-23-18(22)15(16(20)13-9-5-3-6-10-13)19-17(21)14-11-7-4-8-12-14/h3-12,15H,2H2,1H3,(H,19,21). The molecule has 23 heavy (non-hydrogen) atoms. The van der Waals surface area contributed by atoms with Gasteiger partial charge in [0.05, 0.1) is 6.61 Å². The number of ether oxygens (including phenoxy) is 1. The Hall–Kier alpha value is -2.95. The Morgan fingerprint density at radius 3 is 1.96 bits per heavy atom. The van der Waals surface area contributed by atoms with E-state index in [1.807, 2.05) is 0 Å². The van der Waals surface area contributed by atoms with Gasteiger partial charge in [-0.15, -0.1) is 0 Å².